The second kappa shape index (κ2) is 11.3. The number of rotatable bonds is 9. The van der Waals surface area contributed by atoms with Crippen molar-refractivity contribution in [1.82, 2.24) is 10.2 Å². The van der Waals surface area contributed by atoms with Crippen molar-refractivity contribution in [3.63, 3.8) is 0 Å². The Hall–Kier alpha value is -2.83. The molecule has 33 heavy (non-hydrogen) atoms. The number of benzene rings is 2. The lowest BCUT2D eigenvalue weighted by atomic mass is 10.1. The minimum absolute atomic E-state index is 0.00958. The second-order valence-electron chi connectivity index (χ2n) is 8.56. The molecule has 3 aromatic rings. The van der Waals surface area contributed by atoms with Crippen molar-refractivity contribution >= 4 is 22.9 Å². The van der Waals surface area contributed by atoms with Gasteiger partial charge in [-0.3, -0.25) is 9.69 Å². The minimum atomic E-state index is -0.00958. The zero-order chi connectivity index (χ0) is 23.0. The summed E-state index contributed by atoms with van der Waals surface area (Å²) in [7, 11) is 0. The molecule has 1 saturated heterocycles. The summed E-state index contributed by atoms with van der Waals surface area (Å²) in [5.74, 6) is 0.885. The lowest BCUT2D eigenvalue weighted by Gasteiger charge is -2.37. The van der Waals surface area contributed by atoms with Crippen LogP contribution in [-0.4, -0.2) is 50.1 Å². The van der Waals surface area contributed by atoms with Crippen molar-refractivity contribution < 1.29 is 9.53 Å². The molecule has 1 fully saturated rings. The number of thiophene rings is 1. The van der Waals surface area contributed by atoms with Gasteiger partial charge in [0.25, 0.3) is 5.91 Å². The highest BCUT2D eigenvalue weighted by atomic mass is 32.1. The molecule has 1 N–H and O–H groups in total. The Bertz CT molecular complexity index is 1040. The lowest BCUT2D eigenvalue weighted by molar-refractivity contribution is 0.0955. The van der Waals surface area contributed by atoms with Crippen LogP contribution in [-0.2, 0) is 6.54 Å². The van der Waals surface area contributed by atoms with Gasteiger partial charge in [0.1, 0.15) is 5.75 Å². The molecule has 2 aromatic carbocycles. The lowest BCUT2D eigenvalue weighted by Crippen LogP contribution is -2.46. The molecule has 0 atom stereocenters. The van der Waals surface area contributed by atoms with Crippen LogP contribution >= 0.6 is 11.3 Å². The molecule has 1 aliphatic rings. The third-order valence-electron chi connectivity index (χ3n) is 6.21. The summed E-state index contributed by atoms with van der Waals surface area (Å²) in [6.45, 7) is 10.8. The van der Waals surface area contributed by atoms with Crippen LogP contribution < -0.4 is 15.0 Å². The molecular formula is C27H33N3O2S. The highest BCUT2D eigenvalue weighted by Crippen LogP contribution is 2.24. The minimum Gasteiger partial charge on any atom is -0.494 e. The number of nitrogens with one attached hydrogen (secondary N) is 1. The average molecular weight is 464 g/mol. The normalized spacial score (nSPS) is 14.3. The molecule has 0 aliphatic carbocycles. The van der Waals surface area contributed by atoms with Gasteiger partial charge in [0.15, 0.2) is 0 Å². The van der Waals surface area contributed by atoms with E-state index in [9.17, 15) is 4.79 Å². The van der Waals surface area contributed by atoms with E-state index >= 15 is 0 Å². The molecule has 2 heterocycles. The van der Waals surface area contributed by atoms with Crippen LogP contribution in [0.15, 0.2) is 60.0 Å². The Morgan fingerprint density at radius 2 is 1.85 bits per heavy atom. The van der Waals surface area contributed by atoms with Gasteiger partial charge in [-0.2, -0.15) is 0 Å². The van der Waals surface area contributed by atoms with Gasteiger partial charge in [-0.1, -0.05) is 30.3 Å². The topological polar surface area (TPSA) is 44.8 Å². The Balaban J connectivity index is 1.19. The van der Waals surface area contributed by atoms with Crippen LogP contribution in [0.3, 0.4) is 0 Å². The van der Waals surface area contributed by atoms with Gasteiger partial charge >= 0.3 is 0 Å². The molecule has 1 amide bonds. The van der Waals surface area contributed by atoms with Gasteiger partial charge in [0, 0.05) is 45.0 Å². The first-order chi connectivity index (χ1) is 16.1. The van der Waals surface area contributed by atoms with E-state index in [1.54, 1.807) is 0 Å². The summed E-state index contributed by atoms with van der Waals surface area (Å²) in [6.07, 6.45) is 0.779. The number of hydrogen-bond donors (Lipinski definition) is 1. The maximum Gasteiger partial charge on any atom is 0.261 e. The van der Waals surface area contributed by atoms with Crippen LogP contribution in [0.2, 0.25) is 0 Å². The number of piperazine rings is 1. The number of hydrogen-bond acceptors (Lipinski definition) is 5. The van der Waals surface area contributed by atoms with E-state index in [1.165, 1.54) is 33.7 Å². The first-order valence-corrected chi connectivity index (χ1v) is 12.5. The fraction of sp³-hybridized carbons (Fsp3) is 0.370. The summed E-state index contributed by atoms with van der Waals surface area (Å²) in [6, 6.07) is 18.7. The summed E-state index contributed by atoms with van der Waals surface area (Å²) in [5.41, 5.74) is 5.40. The number of aryl methyl sites for hydroxylation is 1. The van der Waals surface area contributed by atoms with Crippen molar-refractivity contribution in [2.24, 2.45) is 0 Å². The molecule has 0 spiro atoms. The number of amides is 1. The largest absolute Gasteiger partial charge is 0.494 e. The number of carbonyl (C=O) groups is 1. The molecule has 0 bridgehead atoms. The number of carbonyl (C=O) groups excluding carboxylic acids is 1. The fourth-order valence-electron chi connectivity index (χ4n) is 4.18. The molecular weight excluding hydrogens is 430 g/mol. The molecule has 4 rings (SSSR count). The molecule has 174 valence electrons. The van der Waals surface area contributed by atoms with Gasteiger partial charge in [-0.05, 0) is 66.6 Å². The van der Waals surface area contributed by atoms with Crippen molar-refractivity contribution in [3.8, 4) is 5.75 Å². The first kappa shape index (κ1) is 23.3. The van der Waals surface area contributed by atoms with E-state index in [1.807, 2.05) is 23.6 Å². The van der Waals surface area contributed by atoms with Crippen molar-refractivity contribution in [3.05, 3.63) is 81.5 Å². The number of anilines is 1. The summed E-state index contributed by atoms with van der Waals surface area (Å²) >= 11 is 1.46. The fourth-order valence-corrected chi connectivity index (χ4v) is 4.82. The molecule has 0 radical (unpaired) electrons. The Labute approximate surface area is 201 Å². The van der Waals surface area contributed by atoms with Crippen LogP contribution in [0.25, 0.3) is 0 Å². The van der Waals surface area contributed by atoms with E-state index < -0.39 is 0 Å². The molecule has 1 aromatic heterocycles. The zero-order valence-electron chi connectivity index (χ0n) is 19.5. The third-order valence-corrected chi connectivity index (χ3v) is 7.08. The Kier molecular flexibility index (Phi) is 8.02. The van der Waals surface area contributed by atoms with Crippen molar-refractivity contribution in [1.29, 1.82) is 0 Å². The predicted octanol–water partition coefficient (Wildman–Crippen LogP) is 4.89. The molecule has 0 saturated carbocycles. The van der Waals surface area contributed by atoms with Crippen molar-refractivity contribution in [2.45, 2.75) is 26.8 Å². The highest BCUT2D eigenvalue weighted by molar-refractivity contribution is 7.12. The predicted molar refractivity (Wildman–Crippen MR) is 137 cm³/mol. The smallest absolute Gasteiger partial charge is 0.261 e. The van der Waals surface area contributed by atoms with Crippen LogP contribution in [0, 0.1) is 13.8 Å². The zero-order valence-corrected chi connectivity index (χ0v) is 20.4. The SMILES string of the molecule is Cc1cccc(N2CCN(Cc3cccc(OCCCNC(=O)c4cccs4)c3)CC2)c1C. The highest BCUT2D eigenvalue weighted by Gasteiger charge is 2.19. The standard InChI is InChI=1S/C27H33N3O2S/c1-21-7-3-10-25(22(21)2)30-15-13-29(14-16-30)20-23-8-4-9-24(19-23)32-17-6-12-28-27(31)26-11-5-18-33-26/h3-5,7-11,18-19H,6,12-17,20H2,1-2H3,(H,28,31). The third kappa shape index (κ3) is 6.36. The van der Waals surface area contributed by atoms with Crippen LogP contribution in [0.5, 0.6) is 5.75 Å². The second-order valence-corrected chi connectivity index (χ2v) is 9.51. The van der Waals surface area contributed by atoms with E-state index in [-0.39, 0.29) is 5.91 Å². The number of nitrogens with zero attached hydrogens (tertiary/aromatic N) is 2. The van der Waals surface area contributed by atoms with Crippen LogP contribution in [0.1, 0.15) is 32.8 Å². The maximum absolute atomic E-state index is 12.0. The summed E-state index contributed by atoms with van der Waals surface area (Å²) in [4.78, 5) is 17.7. The monoisotopic (exact) mass is 463 g/mol. The van der Waals surface area contributed by atoms with E-state index in [4.69, 9.17) is 4.74 Å². The average Bonchev–Trinajstić information content (AvgIpc) is 3.37. The molecule has 0 unspecified atom stereocenters. The first-order valence-electron chi connectivity index (χ1n) is 11.7. The molecule has 1 aliphatic heterocycles. The Morgan fingerprint density at radius 1 is 1.03 bits per heavy atom. The molecule has 5 nitrogen and oxygen atoms in total. The van der Waals surface area contributed by atoms with E-state index in [0.29, 0.717) is 13.2 Å². The summed E-state index contributed by atoms with van der Waals surface area (Å²) in [5, 5.41) is 4.85. The molecule has 6 heteroatoms. The van der Waals surface area contributed by atoms with Gasteiger partial charge in [0.05, 0.1) is 11.5 Å². The van der Waals surface area contributed by atoms with Gasteiger partial charge in [-0.15, -0.1) is 11.3 Å². The summed E-state index contributed by atoms with van der Waals surface area (Å²) < 4.78 is 5.93. The van der Waals surface area contributed by atoms with E-state index in [0.717, 1.165) is 49.8 Å². The van der Waals surface area contributed by atoms with Crippen molar-refractivity contribution in [2.75, 3.05) is 44.2 Å². The maximum atomic E-state index is 12.0. The Morgan fingerprint density at radius 3 is 2.64 bits per heavy atom. The quantitative estimate of drug-likeness (QED) is 0.459. The van der Waals surface area contributed by atoms with E-state index in [2.05, 4.69) is 65.4 Å². The van der Waals surface area contributed by atoms with Crippen LogP contribution in [0.4, 0.5) is 5.69 Å². The van der Waals surface area contributed by atoms with Gasteiger partial charge in [0.2, 0.25) is 0 Å². The van der Waals surface area contributed by atoms with Gasteiger partial charge in [-0.25, -0.2) is 0 Å². The van der Waals surface area contributed by atoms with Gasteiger partial charge < -0.3 is 15.0 Å². The number of ether oxygens (including phenoxy) is 1.